The summed E-state index contributed by atoms with van der Waals surface area (Å²) >= 11 is 0. The molecule has 0 aliphatic heterocycles. The van der Waals surface area contributed by atoms with Crippen molar-refractivity contribution in [3.63, 3.8) is 0 Å². The fraction of sp³-hybridized carbons (Fsp3) is 0.261. The molecule has 1 radical (unpaired) electrons. The molecule has 0 aliphatic carbocycles. The third-order valence-electron chi connectivity index (χ3n) is 4.56. The number of hydrogen-bond donors (Lipinski definition) is 4. The van der Waals surface area contributed by atoms with Crippen molar-refractivity contribution in [2.24, 2.45) is 0 Å². The summed E-state index contributed by atoms with van der Waals surface area (Å²) < 4.78 is 0. The molecule has 0 heterocycles. The van der Waals surface area contributed by atoms with E-state index < -0.39 is 5.97 Å². The van der Waals surface area contributed by atoms with Crippen molar-refractivity contribution >= 4 is 16.7 Å². The summed E-state index contributed by atoms with van der Waals surface area (Å²) in [4.78, 5) is 14.9. The maximum atomic E-state index is 10.9. The maximum absolute atomic E-state index is 10.9. The molecule has 0 amide bonds. The van der Waals surface area contributed by atoms with Crippen molar-refractivity contribution < 1.29 is 47.0 Å². The maximum Gasteiger partial charge on any atom is 0.339 e. The number of fused-ring (bicyclic) bond motifs is 1. The van der Waals surface area contributed by atoms with Gasteiger partial charge in [-0.1, -0.05) is 51.1 Å². The molecule has 4 N–H and O–H groups in total. The minimum Gasteiger partial charge on any atom is -0.508 e. The van der Waals surface area contributed by atoms with Crippen molar-refractivity contribution in [2.75, 3.05) is 0 Å². The van der Waals surface area contributed by atoms with Crippen LogP contribution in [0.4, 0.5) is 0 Å². The first-order valence-corrected chi connectivity index (χ1v) is 9.09. The number of phenolic OH excluding ortho intramolecular Hbond substituents is 1. The van der Waals surface area contributed by atoms with E-state index in [2.05, 4.69) is 4.89 Å². The van der Waals surface area contributed by atoms with Gasteiger partial charge in [0.2, 0.25) is 0 Å². The Balaban J connectivity index is 0.000000291. The predicted molar refractivity (Wildman–Crippen MR) is 112 cm³/mol. The second-order valence-electron chi connectivity index (χ2n) is 7.85. The van der Waals surface area contributed by atoms with Crippen LogP contribution in [-0.2, 0) is 33.7 Å². The number of rotatable bonds is 3. The van der Waals surface area contributed by atoms with E-state index in [1.807, 2.05) is 51.1 Å². The zero-order valence-corrected chi connectivity index (χ0v) is 18.3. The minimum absolute atomic E-state index is 0. The van der Waals surface area contributed by atoms with Crippen LogP contribution in [0, 0.1) is 6.92 Å². The molecule has 3 aromatic carbocycles. The molecule has 7 heteroatoms. The number of hydrogen-bond acceptors (Lipinski definition) is 5. The van der Waals surface area contributed by atoms with Crippen LogP contribution in [0.5, 0.6) is 11.5 Å². The van der Waals surface area contributed by atoms with E-state index in [-0.39, 0.29) is 45.9 Å². The molecule has 0 aliphatic rings. The Morgan fingerprint density at radius 2 is 1.57 bits per heavy atom. The first kappa shape index (κ1) is 25.5. The van der Waals surface area contributed by atoms with Crippen LogP contribution in [0.1, 0.15) is 47.8 Å². The minimum atomic E-state index is -1.10. The van der Waals surface area contributed by atoms with Crippen LogP contribution < -0.4 is 0 Å². The van der Waals surface area contributed by atoms with Crippen molar-refractivity contribution in [1.82, 2.24) is 0 Å². The normalized spacial score (nSPS) is 10.7. The third-order valence-corrected chi connectivity index (χ3v) is 4.56. The van der Waals surface area contributed by atoms with Gasteiger partial charge in [-0.3, -0.25) is 5.26 Å². The summed E-state index contributed by atoms with van der Waals surface area (Å²) in [5, 5.41) is 38.3. The smallest absolute Gasteiger partial charge is 0.339 e. The van der Waals surface area contributed by atoms with Gasteiger partial charge in [-0.2, -0.15) is 0 Å². The Kier molecular flexibility index (Phi) is 8.86. The number of carbonyl (C=O) groups is 1. The fourth-order valence-corrected chi connectivity index (χ4v) is 2.84. The van der Waals surface area contributed by atoms with E-state index in [9.17, 15) is 15.0 Å². The molecule has 0 spiro atoms. The molecule has 0 unspecified atom stereocenters. The number of aromatic hydroxyl groups is 2. The molecule has 0 bridgehead atoms. The summed E-state index contributed by atoms with van der Waals surface area (Å²) in [6.07, 6.45) is 0. The number of aromatic carboxylic acids is 1. The molecule has 0 saturated carbocycles. The van der Waals surface area contributed by atoms with E-state index >= 15 is 0 Å². The molecule has 0 saturated heterocycles. The third kappa shape index (κ3) is 6.20. The van der Waals surface area contributed by atoms with E-state index in [0.29, 0.717) is 11.1 Å². The van der Waals surface area contributed by atoms with Crippen molar-refractivity contribution in [2.45, 2.75) is 39.7 Å². The summed E-state index contributed by atoms with van der Waals surface area (Å²) in [6.45, 7) is 7.72. The Labute approximate surface area is 185 Å². The summed E-state index contributed by atoms with van der Waals surface area (Å²) in [5.41, 5.74) is 1.93. The number of phenols is 2. The standard InChI is InChI=1S/C12H16O3.C11H10O3.Co/c1-7-5-8(12(2,3)4)6-9(10(7)13)11(14)15;12-11-6-9-4-2-1-3-8(9)5-10(11)7-14-13;/h5-6,13H,1-4H3,(H,14,15);1-6,12-13H,7H2;. The Morgan fingerprint density at radius 1 is 1.00 bits per heavy atom. The van der Waals surface area contributed by atoms with E-state index in [4.69, 9.17) is 10.4 Å². The molecule has 30 heavy (non-hydrogen) atoms. The van der Waals surface area contributed by atoms with Gasteiger partial charge in [-0.15, -0.1) is 0 Å². The van der Waals surface area contributed by atoms with Crippen molar-refractivity contribution in [3.8, 4) is 11.5 Å². The number of benzene rings is 3. The van der Waals surface area contributed by atoms with Gasteiger partial charge < -0.3 is 15.3 Å². The zero-order valence-electron chi connectivity index (χ0n) is 17.3. The van der Waals surface area contributed by atoms with Gasteiger partial charge in [0.05, 0.1) is 0 Å². The molecule has 163 valence electrons. The van der Waals surface area contributed by atoms with Crippen LogP contribution >= 0.6 is 0 Å². The summed E-state index contributed by atoms with van der Waals surface area (Å²) in [7, 11) is 0. The van der Waals surface area contributed by atoms with Crippen LogP contribution in [0.15, 0.2) is 48.5 Å². The molecule has 0 atom stereocenters. The second kappa shape index (κ2) is 10.4. The van der Waals surface area contributed by atoms with Crippen molar-refractivity contribution in [3.05, 3.63) is 70.8 Å². The average molecular weight is 457 g/mol. The largest absolute Gasteiger partial charge is 0.508 e. The molecule has 6 nitrogen and oxygen atoms in total. The molecular weight excluding hydrogens is 431 g/mol. The van der Waals surface area contributed by atoms with Gasteiger partial charge in [0.25, 0.3) is 0 Å². The van der Waals surface area contributed by atoms with Crippen LogP contribution in [0.3, 0.4) is 0 Å². The van der Waals surface area contributed by atoms with Gasteiger partial charge in [0, 0.05) is 22.3 Å². The first-order chi connectivity index (χ1) is 13.5. The Hall–Kier alpha value is -2.58. The topological polar surface area (TPSA) is 107 Å². The molecule has 0 aromatic heterocycles. The van der Waals surface area contributed by atoms with Gasteiger partial charge >= 0.3 is 5.97 Å². The van der Waals surface area contributed by atoms with Gasteiger partial charge in [-0.25, -0.2) is 9.68 Å². The van der Waals surface area contributed by atoms with Crippen LogP contribution in [-0.4, -0.2) is 26.5 Å². The molecule has 0 fully saturated rings. The fourth-order valence-electron chi connectivity index (χ4n) is 2.84. The summed E-state index contributed by atoms with van der Waals surface area (Å²) in [6, 6.07) is 14.5. The van der Waals surface area contributed by atoms with Crippen LogP contribution in [0.25, 0.3) is 10.8 Å². The van der Waals surface area contributed by atoms with Gasteiger partial charge in [-0.05, 0) is 52.4 Å². The Bertz CT molecular complexity index is 1020. The Morgan fingerprint density at radius 3 is 2.07 bits per heavy atom. The van der Waals surface area contributed by atoms with Crippen molar-refractivity contribution in [1.29, 1.82) is 0 Å². The number of carboxylic acid groups (broad SMARTS) is 1. The molecular formula is C23H26CoO6. The van der Waals surface area contributed by atoms with E-state index in [0.717, 1.165) is 16.3 Å². The quantitative estimate of drug-likeness (QED) is 0.317. The average Bonchev–Trinajstić information content (AvgIpc) is 2.64. The SMILES string of the molecule is Cc1cc(C(C)(C)C)cc(C(=O)O)c1O.OOCc1cc2ccccc2cc1O.[Co]. The zero-order chi connectivity index (χ0) is 21.8. The van der Waals surface area contributed by atoms with Gasteiger partial charge in [0.15, 0.2) is 0 Å². The van der Waals surface area contributed by atoms with E-state index in [1.54, 1.807) is 19.1 Å². The number of carboxylic acids is 1. The van der Waals surface area contributed by atoms with Crippen LogP contribution in [0.2, 0.25) is 0 Å². The second-order valence-corrected chi connectivity index (χ2v) is 7.85. The number of aryl methyl sites for hydroxylation is 1. The van der Waals surface area contributed by atoms with Gasteiger partial charge in [0.1, 0.15) is 23.7 Å². The first-order valence-electron chi connectivity index (χ1n) is 9.09. The van der Waals surface area contributed by atoms with E-state index in [1.165, 1.54) is 6.07 Å². The molecule has 3 rings (SSSR count). The summed E-state index contributed by atoms with van der Waals surface area (Å²) in [5.74, 6) is -1.10. The predicted octanol–water partition coefficient (Wildman–Crippen LogP) is 5.23. The monoisotopic (exact) mass is 457 g/mol. The molecule has 3 aromatic rings.